The number of hydrogen-bond donors (Lipinski definition) is 0. The number of benzene rings is 4. The summed E-state index contributed by atoms with van der Waals surface area (Å²) >= 11 is 0. The van der Waals surface area contributed by atoms with Crippen LogP contribution in [0.3, 0.4) is 0 Å². The van der Waals surface area contributed by atoms with Crippen molar-refractivity contribution in [3.8, 4) is 22.3 Å². The predicted octanol–water partition coefficient (Wildman–Crippen LogP) is 5.90. The second kappa shape index (κ2) is 20.5. The van der Waals surface area contributed by atoms with Crippen LogP contribution in [-0.2, 0) is 61.1 Å². The van der Waals surface area contributed by atoms with E-state index in [0.717, 1.165) is 33.6 Å². The fraction of sp³-hybridized carbons (Fsp3) is 0.143. The van der Waals surface area contributed by atoms with E-state index >= 15 is 0 Å². The van der Waals surface area contributed by atoms with Crippen LogP contribution in [0.2, 0.25) is 0 Å². The van der Waals surface area contributed by atoms with Gasteiger partial charge >= 0.3 is 0 Å². The smallest absolute Gasteiger partial charge is 0.0916 e. The zero-order valence-corrected chi connectivity index (χ0v) is 26.8. The summed E-state index contributed by atoms with van der Waals surface area (Å²) in [7, 11) is -4.22. The van der Waals surface area contributed by atoms with E-state index in [1.54, 1.807) is 0 Å². The molecule has 0 fully saturated rings. The first kappa shape index (κ1) is 39.8. The van der Waals surface area contributed by atoms with Gasteiger partial charge < -0.3 is 19.7 Å². The van der Waals surface area contributed by atoms with Gasteiger partial charge in [0.25, 0.3) is 0 Å². The summed E-state index contributed by atoms with van der Waals surface area (Å²) in [6, 6.07) is 38.5. The monoisotopic (exact) mass is 764 g/mol. The fourth-order valence-corrected chi connectivity index (χ4v) is 2.91. The second-order valence-electron chi connectivity index (χ2n) is 7.44. The maximum absolute atomic E-state index is 9.08. The topological polar surface area (TPSA) is 143 Å². The number of nitrogens with zero attached hydrogens (tertiary/aromatic N) is 2. The first-order valence-electron chi connectivity index (χ1n) is 11.0. The summed E-state index contributed by atoms with van der Waals surface area (Å²) in [5.41, 5.74) is 6.47. The Balaban J connectivity index is 0. The first-order valence-corrected chi connectivity index (χ1v) is 14.6. The molecule has 0 bridgehead atoms. The number of para-hydroxylation sites is 2. The van der Waals surface area contributed by atoms with Gasteiger partial charge in [0, 0.05) is 53.4 Å². The van der Waals surface area contributed by atoms with Crippen LogP contribution in [0.4, 0.5) is 11.4 Å². The molecule has 224 valence electrons. The number of hydrogen-bond acceptors (Lipinski definition) is 6. The van der Waals surface area contributed by atoms with E-state index in [2.05, 4.69) is 34.9 Å². The normalized spacial score (nSPS) is 9.75. The summed E-state index contributed by atoms with van der Waals surface area (Å²) in [4.78, 5) is 0. The van der Waals surface area contributed by atoms with Gasteiger partial charge in [0.1, 0.15) is 0 Å². The summed E-state index contributed by atoms with van der Waals surface area (Å²) in [6.45, 7) is 0. The molecule has 4 rings (SSSR count). The standard InChI is InChI=1S/2C13H11N.2CH4O3S.2Pd/c2*1-14-13-10-6-5-9-12(13)11-7-3-2-4-8-11;2*1-5(2,3)4;;/h2*2-7,9-10H,1H3;2*1H3,(H,2,3,4);;/q2*-2;;;;/p-2. The molecule has 0 aliphatic heterocycles. The Hall–Kier alpha value is -2.38. The second-order valence-corrected chi connectivity index (χ2v) is 10.3. The molecule has 40 heavy (non-hydrogen) atoms. The molecular weight excluding hydrogens is 737 g/mol. The molecule has 0 N–H and O–H groups in total. The van der Waals surface area contributed by atoms with Crippen LogP contribution in [0, 0.1) is 12.1 Å². The van der Waals surface area contributed by atoms with Crippen LogP contribution in [-0.4, -0.2) is 52.5 Å². The van der Waals surface area contributed by atoms with E-state index in [1.165, 1.54) is 0 Å². The molecule has 4 aromatic rings. The Morgan fingerprint density at radius 1 is 0.550 bits per heavy atom. The molecule has 0 aliphatic carbocycles. The minimum absolute atomic E-state index is 0. The zero-order valence-electron chi connectivity index (χ0n) is 22.0. The van der Waals surface area contributed by atoms with Crippen LogP contribution in [0.1, 0.15) is 0 Å². The minimum atomic E-state index is -3.92. The fourth-order valence-electron chi connectivity index (χ4n) is 2.91. The Kier molecular flexibility index (Phi) is 20.4. The Bertz CT molecular complexity index is 1330. The average molecular weight is 766 g/mol. The van der Waals surface area contributed by atoms with Crippen molar-refractivity contribution >= 4 is 31.6 Å². The van der Waals surface area contributed by atoms with Crippen LogP contribution >= 0.6 is 0 Å². The Morgan fingerprint density at radius 2 is 0.825 bits per heavy atom. The van der Waals surface area contributed by atoms with Gasteiger partial charge in [0.15, 0.2) is 0 Å². The van der Waals surface area contributed by atoms with Gasteiger partial charge in [-0.3, -0.25) is 0 Å². The summed E-state index contributed by atoms with van der Waals surface area (Å²) in [5, 5.41) is 8.45. The van der Waals surface area contributed by atoms with Crippen molar-refractivity contribution in [3.05, 3.63) is 120 Å². The van der Waals surface area contributed by atoms with Crippen molar-refractivity contribution in [2.75, 3.05) is 26.6 Å². The van der Waals surface area contributed by atoms with Gasteiger partial charge in [0.2, 0.25) is 0 Å². The van der Waals surface area contributed by atoms with E-state index in [4.69, 9.17) is 25.9 Å². The maximum Gasteiger partial charge on any atom is 0.0916 e. The van der Waals surface area contributed by atoms with Crippen molar-refractivity contribution in [1.29, 1.82) is 0 Å². The molecule has 0 unspecified atom stereocenters. The van der Waals surface area contributed by atoms with Gasteiger partial charge in [0.05, 0.1) is 20.2 Å². The molecular formula is C28H28N2O6Pd2S2-6. The molecule has 0 aliphatic rings. The molecule has 0 radical (unpaired) electrons. The van der Waals surface area contributed by atoms with Crippen LogP contribution in [0.15, 0.2) is 97.1 Å². The first-order chi connectivity index (χ1) is 17.8. The molecule has 0 atom stereocenters. The van der Waals surface area contributed by atoms with Gasteiger partial charge in [-0.25, -0.2) is 16.8 Å². The summed E-state index contributed by atoms with van der Waals surface area (Å²) < 4.78 is 54.5. The van der Waals surface area contributed by atoms with Crippen molar-refractivity contribution in [2.45, 2.75) is 0 Å². The van der Waals surface area contributed by atoms with Gasteiger partial charge in [-0.15, -0.1) is 97.0 Å². The van der Waals surface area contributed by atoms with Crippen LogP contribution < -0.4 is 0 Å². The molecule has 0 saturated carbocycles. The van der Waals surface area contributed by atoms with Gasteiger partial charge in [-0.05, 0) is 0 Å². The molecule has 0 saturated heterocycles. The zero-order chi connectivity index (χ0) is 28.6. The third kappa shape index (κ3) is 18.8. The quantitative estimate of drug-likeness (QED) is 0.144. The summed E-state index contributed by atoms with van der Waals surface area (Å²) in [5.74, 6) is 0. The molecule has 0 aromatic heterocycles. The van der Waals surface area contributed by atoms with E-state index < -0.39 is 20.2 Å². The molecule has 4 aromatic carbocycles. The van der Waals surface area contributed by atoms with Crippen molar-refractivity contribution in [2.24, 2.45) is 0 Å². The van der Waals surface area contributed by atoms with E-state index in [0.29, 0.717) is 12.5 Å². The predicted molar refractivity (Wildman–Crippen MR) is 151 cm³/mol. The molecule has 12 heteroatoms. The minimum Gasteiger partial charge on any atom is -0.748 e. The SMILES string of the molecule is CS(=O)(=O)[O-].CS(=O)(=O)[O-].C[N-]c1ccccc1-c1[c-]cccc1.C[N-]c1ccccc1-c1[c-]cccc1.[Pd].[Pd]. The Morgan fingerprint density at radius 3 is 1.07 bits per heavy atom. The maximum atomic E-state index is 9.08. The molecule has 0 spiro atoms. The van der Waals surface area contributed by atoms with E-state index in [1.807, 2.05) is 99.0 Å². The largest absolute Gasteiger partial charge is 0.748 e. The Labute approximate surface area is 265 Å². The third-order valence-corrected chi connectivity index (χ3v) is 4.29. The molecule has 8 nitrogen and oxygen atoms in total. The van der Waals surface area contributed by atoms with Crippen LogP contribution in [0.5, 0.6) is 0 Å². The van der Waals surface area contributed by atoms with Crippen molar-refractivity contribution < 1.29 is 66.8 Å². The van der Waals surface area contributed by atoms with E-state index in [-0.39, 0.29) is 40.8 Å². The molecule has 0 amide bonds. The average Bonchev–Trinajstić information content (AvgIpc) is 2.88. The van der Waals surface area contributed by atoms with Crippen LogP contribution in [0.25, 0.3) is 32.9 Å². The van der Waals surface area contributed by atoms with Crippen molar-refractivity contribution in [1.82, 2.24) is 0 Å². The number of rotatable bonds is 4. The van der Waals surface area contributed by atoms with Gasteiger partial charge in [-0.2, -0.15) is 11.4 Å². The van der Waals surface area contributed by atoms with E-state index in [9.17, 15) is 0 Å². The summed E-state index contributed by atoms with van der Waals surface area (Å²) in [6.07, 6.45) is 1.21. The van der Waals surface area contributed by atoms with Crippen molar-refractivity contribution in [3.63, 3.8) is 0 Å². The molecule has 0 heterocycles. The third-order valence-electron chi connectivity index (χ3n) is 4.29. The van der Waals surface area contributed by atoms with Gasteiger partial charge in [-0.1, -0.05) is 48.5 Å².